The van der Waals surface area contributed by atoms with E-state index in [2.05, 4.69) is 10.3 Å². The average molecular weight is 530 g/mol. The number of urea groups is 1. The van der Waals surface area contributed by atoms with Crippen LogP contribution in [0, 0.1) is 11.6 Å². The van der Waals surface area contributed by atoms with Crippen molar-refractivity contribution in [3.63, 3.8) is 0 Å². The molecule has 1 aromatic heterocycles. The smallest absolute Gasteiger partial charge is 0.333 e. The number of para-hydroxylation sites is 1. The van der Waals surface area contributed by atoms with Crippen LogP contribution < -0.4 is 21.5 Å². The Kier molecular flexibility index (Phi) is 8.20. The normalized spacial score (nSPS) is 10.9. The number of amides is 2. The van der Waals surface area contributed by atoms with Crippen LogP contribution in [0.2, 0.25) is 0 Å². The third kappa shape index (κ3) is 5.67. The lowest BCUT2D eigenvalue weighted by atomic mass is 9.96. The summed E-state index contributed by atoms with van der Waals surface area (Å²) in [5.74, 6) is 4.59. The van der Waals surface area contributed by atoms with Gasteiger partial charge in [0.05, 0.1) is 11.2 Å². The molecule has 0 radical (unpaired) electrons. The Morgan fingerprint density at radius 1 is 0.917 bits per heavy atom. The lowest BCUT2D eigenvalue weighted by Crippen LogP contribution is -2.34. The number of nitrogens with one attached hydrogen (secondary N) is 2. The Hall–Kier alpha value is -3.46. The number of halogens is 4. The Balaban J connectivity index is 2.00. The van der Waals surface area contributed by atoms with Crippen molar-refractivity contribution in [1.29, 1.82) is 0 Å². The molecule has 6 nitrogen and oxygen atoms in total. The van der Waals surface area contributed by atoms with Crippen LogP contribution in [-0.4, -0.2) is 35.9 Å². The number of benzene rings is 3. The second kappa shape index (κ2) is 11.5. The van der Waals surface area contributed by atoms with Crippen molar-refractivity contribution in [3.8, 4) is 22.4 Å². The zero-order valence-corrected chi connectivity index (χ0v) is 20.6. The molecule has 0 aliphatic heterocycles. The predicted molar refractivity (Wildman–Crippen MR) is 143 cm³/mol. The third-order valence-corrected chi connectivity index (χ3v) is 5.94. The molecule has 4 rings (SSSR count). The van der Waals surface area contributed by atoms with E-state index < -0.39 is 17.7 Å². The van der Waals surface area contributed by atoms with Crippen LogP contribution in [0.5, 0.6) is 0 Å². The molecule has 4 N–H and O–H groups in total. The zero-order chi connectivity index (χ0) is 25.7. The Morgan fingerprint density at radius 3 is 2.28 bits per heavy atom. The monoisotopic (exact) mass is 529 g/mol. The zero-order valence-electron chi connectivity index (χ0n) is 19.1. The van der Waals surface area contributed by atoms with E-state index in [9.17, 15) is 13.6 Å². The molecule has 0 unspecified atom stereocenters. The van der Waals surface area contributed by atoms with Gasteiger partial charge in [-0.15, -0.1) is 23.2 Å². The van der Waals surface area contributed by atoms with Gasteiger partial charge in [-0.2, -0.15) is 0 Å². The molecule has 0 aliphatic rings. The summed E-state index contributed by atoms with van der Waals surface area (Å²) in [5.41, 5.74) is 6.19. The number of carbonyl (C=O) groups excluding carboxylic acids is 1. The summed E-state index contributed by atoms with van der Waals surface area (Å²) in [6.07, 6.45) is 0. The molecular weight excluding hydrogens is 507 g/mol. The number of pyridine rings is 1. The maximum Gasteiger partial charge on any atom is 0.333 e. The first kappa shape index (κ1) is 25.6. The molecule has 186 valence electrons. The topological polar surface area (TPSA) is 83.3 Å². The van der Waals surface area contributed by atoms with Gasteiger partial charge >= 0.3 is 6.03 Å². The van der Waals surface area contributed by atoms with Crippen molar-refractivity contribution in [2.75, 3.05) is 35.1 Å². The maximum atomic E-state index is 14.0. The van der Waals surface area contributed by atoms with E-state index in [1.54, 1.807) is 18.2 Å². The largest absolute Gasteiger partial charge is 0.369 e. The van der Waals surface area contributed by atoms with E-state index >= 15 is 0 Å². The van der Waals surface area contributed by atoms with Gasteiger partial charge in [-0.05, 0) is 48.0 Å². The van der Waals surface area contributed by atoms with Crippen LogP contribution in [0.3, 0.4) is 0 Å². The number of nitrogens with zero attached hydrogens (tertiary/aromatic N) is 2. The second-order valence-corrected chi connectivity index (χ2v) is 8.68. The van der Waals surface area contributed by atoms with Crippen molar-refractivity contribution in [3.05, 3.63) is 78.4 Å². The number of anilines is 2. The third-order valence-electron chi connectivity index (χ3n) is 5.60. The Labute approximate surface area is 217 Å². The first-order valence-corrected chi connectivity index (χ1v) is 12.2. The van der Waals surface area contributed by atoms with Crippen LogP contribution in [0.4, 0.5) is 25.0 Å². The van der Waals surface area contributed by atoms with Crippen LogP contribution in [0.25, 0.3) is 33.3 Å². The molecule has 0 atom stereocenters. The maximum absolute atomic E-state index is 14.0. The molecule has 0 saturated carbocycles. The van der Waals surface area contributed by atoms with Crippen LogP contribution in [0.15, 0.2) is 66.7 Å². The number of fused-ring (bicyclic) bond motifs is 1. The van der Waals surface area contributed by atoms with E-state index in [0.29, 0.717) is 47.3 Å². The highest BCUT2D eigenvalue weighted by Crippen LogP contribution is 2.39. The Bertz CT molecular complexity index is 1380. The number of rotatable bonds is 8. The van der Waals surface area contributed by atoms with E-state index in [1.807, 2.05) is 40.7 Å². The molecule has 36 heavy (non-hydrogen) atoms. The minimum atomic E-state index is -0.698. The lowest BCUT2D eigenvalue weighted by Gasteiger charge is -2.27. The van der Waals surface area contributed by atoms with Crippen molar-refractivity contribution in [2.24, 2.45) is 5.84 Å². The molecule has 4 aromatic rings. The van der Waals surface area contributed by atoms with Gasteiger partial charge in [0.15, 0.2) is 0 Å². The van der Waals surface area contributed by atoms with Gasteiger partial charge in [0.1, 0.15) is 11.6 Å². The molecule has 0 bridgehead atoms. The molecule has 0 aliphatic carbocycles. The standard InChI is InChI=1S/C26H23Cl2F2N5O/c27-7-9-35(10-8-28)25-6-5-19(32-26(36)34-31)14-22(25)21-15-24(16-11-17(29)13-18(30)12-16)33-23-4-2-1-3-20(21)23/h1-6,11-15H,7-10,31H2,(H2,32,34,36). The fourth-order valence-electron chi connectivity index (χ4n) is 4.08. The highest BCUT2D eigenvalue weighted by atomic mass is 35.5. The number of carbonyl (C=O) groups is 1. The lowest BCUT2D eigenvalue weighted by molar-refractivity contribution is 0.252. The quantitative estimate of drug-likeness (QED) is 0.111. The molecular formula is C26H23Cl2F2N5O. The summed E-state index contributed by atoms with van der Waals surface area (Å²) in [7, 11) is 0. The Morgan fingerprint density at radius 2 is 1.61 bits per heavy atom. The van der Waals surface area contributed by atoms with Gasteiger partial charge < -0.3 is 10.2 Å². The van der Waals surface area contributed by atoms with Gasteiger partial charge in [0.25, 0.3) is 0 Å². The van der Waals surface area contributed by atoms with Crippen LogP contribution >= 0.6 is 23.2 Å². The molecule has 10 heteroatoms. The summed E-state index contributed by atoms with van der Waals surface area (Å²) >= 11 is 12.2. The molecule has 0 fully saturated rings. The van der Waals surface area contributed by atoms with Gasteiger partial charge in [0.2, 0.25) is 0 Å². The van der Waals surface area contributed by atoms with Crippen LogP contribution in [0.1, 0.15) is 0 Å². The highest BCUT2D eigenvalue weighted by molar-refractivity contribution is 6.18. The van der Waals surface area contributed by atoms with Crippen molar-refractivity contribution < 1.29 is 13.6 Å². The number of hydrogen-bond acceptors (Lipinski definition) is 4. The molecule has 0 spiro atoms. The average Bonchev–Trinajstić information content (AvgIpc) is 2.87. The molecule has 3 aromatic carbocycles. The number of aromatic nitrogens is 1. The first-order valence-electron chi connectivity index (χ1n) is 11.1. The van der Waals surface area contributed by atoms with Crippen LogP contribution in [-0.2, 0) is 0 Å². The van der Waals surface area contributed by atoms with E-state index in [0.717, 1.165) is 28.3 Å². The number of alkyl halides is 2. The van der Waals surface area contributed by atoms with Gasteiger partial charge in [-0.25, -0.2) is 24.4 Å². The van der Waals surface area contributed by atoms with Gasteiger partial charge in [0, 0.05) is 58.8 Å². The first-order chi connectivity index (χ1) is 17.4. The van der Waals surface area contributed by atoms with Crippen molar-refractivity contribution in [1.82, 2.24) is 10.4 Å². The summed E-state index contributed by atoms with van der Waals surface area (Å²) in [6.45, 7) is 1.06. The fourth-order valence-corrected chi connectivity index (χ4v) is 4.49. The number of nitrogens with two attached hydrogens (primary N) is 1. The van der Waals surface area contributed by atoms with Gasteiger partial charge in [-0.1, -0.05) is 18.2 Å². The molecule has 0 saturated heterocycles. The second-order valence-electron chi connectivity index (χ2n) is 7.93. The van der Waals surface area contributed by atoms with E-state index in [1.165, 1.54) is 12.1 Å². The van der Waals surface area contributed by atoms with Crippen molar-refractivity contribution in [2.45, 2.75) is 0 Å². The SMILES string of the molecule is NNC(=O)Nc1ccc(N(CCCl)CCCl)c(-c2cc(-c3cc(F)cc(F)c3)nc3ccccc23)c1. The minimum Gasteiger partial charge on any atom is -0.369 e. The summed E-state index contributed by atoms with van der Waals surface area (Å²) in [4.78, 5) is 18.6. The molecule has 2 amide bonds. The van der Waals surface area contributed by atoms with Gasteiger partial charge in [-0.3, -0.25) is 5.43 Å². The highest BCUT2D eigenvalue weighted by Gasteiger charge is 2.18. The van der Waals surface area contributed by atoms with E-state index in [4.69, 9.17) is 29.0 Å². The number of hydrazine groups is 1. The fraction of sp³-hybridized carbons (Fsp3) is 0.154. The summed E-state index contributed by atoms with van der Waals surface area (Å²) in [6, 6.07) is 17.4. The van der Waals surface area contributed by atoms with E-state index in [-0.39, 0.29) is 0 Å². The minimum absolute atomic E-state index is 0.302. The summed E-state index contributed by atoms with van der Waals surface area (Å²) in [5, 5.41) is 3.50. The summed E-state index contributed by atoms with van der Waals surface area (Å²) < 4.78 is 28.1. The van der Waals surface area contributed by atoms with Crippen molar-refractivity contribution >= 4 is 51.5 Å². The molecule has 1 heterocycles. The number of hydrogen-bond donors (Lipinski definition) is 3. The predicted octanol–water partition coefficient (Wildman–Crippen LogP) is 6.13.